The minimum Gasteiger partial charge on any atom is -0.504 e. The van der Waals surface area contributed by atoms with Crippen molar-refractivity contribution < 1.29 is 19.7 Å². The molecule has 6 nitrogen and oxygen atoms in total. The number of nitrogens with zero attached hydrogens (tertiary/aromatic N) is 2. The molecule has 0 saturated carbocycles. The van der Waals surface area contributed by atoms with Gasteiger partial charge in [0.2, 0.25) is 0 Å². The highest BCUT2D eigenvalue weighted by molar-refractivity contribution is 5.86. The van der Waals surface area contributed by atoms with E-state index in [4.69, 9.17) is 9.47 Å². The Balaban J connectivity index is 2.03. The molecule has 2 rings (SSSR count). The lowest BCUT2D eigenvalue weighted by Crippen LogP contribution is -1.88. The highest BCUT2D eigenvalue weighted by Crippen LogP contribution is 2.28. The first-order valence-corrected chi connectivity index (χ1v) is 7.10. The third kappa shape index (κ3) is 4.13. The molecule has 0 atom stereocenters. The predicted octanol–water partition coefficient (Wildman–Crippen LogP) is 3.12. The van der Waals surface area contributed by atoms with Crippen molar-refractivity contribution in [1.82, 2.24) is 0 Å². The van der Waals surface area contributed by atoms with E-state index in [2.05, 4.69) is 9.98 Å². The molecule has 2 aromatic carbocycles. The van der Waals surface area contributed by atoms with E-state index in [1.54, 1.807) is 36.4 Å². The summed E-state index contributed by atoms with van der Waals surface area (Å²) in [4.78, 5) is 8.09. The van der Waals surface area contributed by atoms with Gasteiger partial charge in [-0.05, 0) is 24.3 Å². The molecule has 0 bridgehead atoms. The summed E-state index contributed by atoms with van der Waals surface area (Å²) in [5, 5.41) is 19.8. The summed E-state index contributed by atoms with van der Waals surface area (Å²) in [7, 11) is 2.97. The average Bonchev–Trinajstić information content (AvgIpc) is 2.60. The van der Waals surface area contributed by atoms with Crippen LogP contribution in [0.1, 0.15) is 11.1 Å². The number of phenolic OH excluding ortho intramolecular Hbond substituents is 2. The van der Waals surface area contributed by atoms with E-state index in [1.807, 2.05) is 0 Å². The number of phenols is 2. The second-order valence-corrected chi connectivity index (χ2v) is 4.65. The normalized spacial score (nSPS) is 11.6. The molecule has 0 heterocycles. The van der Waals surface area contributed by atoms with Crippen LogP contribution in [0.15, 0.2) is 58.8 Å². The molecule has 2 aromatic rings. The second-order valence-electron chi connectivity index (χ2n) is 4.65. The third-order valence-electron chi connectivity index (χ3n) is 3.17. The standard InChI is InChI=1S/C18H18N2O4/c1-23-15-7-3-5-13(17(15)21)11-19-9-10-20-12-14-6-4-8-16(24-2)18(14)22/h3-12,21-22H,1-2H3/b10-9-,19-11?,20-12?. The molecule has 0 radical (unpaired) electrons. The van der Waals surface area contributed by atoms with Gasteiger partial charge >= 0.3 is 0 Å². The van der Waals surface area contributed by atoms with Crippen LogP contribution in [-0.4, -0.2) is 36.9 Å². The zero-order valence-electron chi connectivity index (χ0n) is 13.4. The number of methoxy groups -OCH3 is 2. The SMILES string of the molecule is COc1cccc(C=N/C=C\N=Cc2cccc(OC)c2O)c1O. The van der Waals surface area contributed by atoms with E-state index in [1.165, 1.54) is 39.0 Å². The summed E-state index contributed by atoms with van der Waals surface area (Å²) in [6.45, 7) is 0. The van der Waals surface area contributed by atoms with Gasteiger partial charge in [-0.15, -0.1) is 0 Å². The van der Waals surface area contributed by atoms with Gasteiger partial charge in [0.1, 0.15) is 0 Å². The molecule has 0 aliphatic heterocycles. The third-order valence-corrected chi connectivity index (χ3v) is 3.17. The van der Waals surface area contributed by atoms with E-state index in [0.29, 0.717) is 22.6 Å². The first kappa shape index (κ1) is 17.1. The Labute approximate surface area is 140 Å². The maximum atomic E-state index is 9.91. The molecule has 0 fully saturated rings. The van der Waals surface area contributed by atoms with Crippen LogP contribution >= 0.6 is 0 Å². The molecule has 0 aliphatic carbocycles. The number of hydrogen-bond acceptors (Lipinski definition) is 6. The summed E-state index contributed by atoms with van der Waals surface area (Å²) < 4.78 is 10.0. The summed E-state index contributed by atoms with van der Waals surface area (Å²) >= 11 is 0. The van der Waals surface area contributed by atoms with Crippen LogP contribution in [0.2, 0.25) is 0 Å². The van der Waals surface area contributed by atoms with E-state index in [0.717, 1.165) is 0 Å². The summed E-state index contributed by atoms with van der Waals surface area (Å²) in [5.74, 6) is 0.827. The van der Waals surface area contributed by atoms with Crippen LogP contribution in [0.5, 0.6) is 23.0 Å². The number of aliphatic imine (C=N–C) groups is 2. The molecule has 0 amide bonds. The van der Waals surface area contributed by atoms with Crippen molar-refractivity contribution in [2.24, 2.45) is 9.98 Å². The molecule has 2 N–H and O–H groups in total. The van der Waals surface area contributed by atoms with Crippen LogP contribution in [0.25, 0.3) is 0 Å². The number of para-hydroxylation sites is 2. The Morgan fingerprint density at radius 3 is 1.54 bits per heavy atom. The van der Waals surface area contributed by atoms with Crippen LogP contribution in [-0.2, 0) is 0 Å². The van der Waals surface area contributed by atoms with Crippen LogP contribution in [0.3, 0.4) is 0 Å². The molecule has 0 saturated heterocycles. The van der Waals surface area contributed by atoms with Gasteiger partial charge in [-0.3, -0.25) is 9.98 Å². The Morgan fingerprint density at radius 2 is 1.17 bits per heavy atom. The summed E-state index contributed by atoms with van der Waals surface area (Å²) in [5.41, 5.74) is 1.07. The van der Waals surface area contributed by atoms with E-state index < -0.39 is 0 Å². The van der Waals surface area contributed by atoms with Crippen LogP contribution in [0, 0.1) is 0 Å². The van der Waals surface area contributed by atoms with Crippen molar-refractivity contribution in [2.75, 3.05) is 14.2 Å². The molecule has 24 heavy (non-hydrogen) atoms. The number of aromatic hydroxyl groups is 2. The second kappa shape index (κ2) is 8.38. The van der Waals surface area contributed by atoms with Gasteiger partial charge in [0.25, 0.3) is 0 Å². The number of ether oxygens (including phenoxy) is 2. The van der Waals surface area contributed by atoms with Crippen LogP contribution in [0.4, 0.5) is 0 Å². The molecular formula is C18H18N2O4. The van der Waals surface area contributed by atoms with Gasteiger partial charge in [-0.1, -0.05) is 12.1 Å². The minimum atomic E-state index is 0.0296. The van der Waals surface area contributed by atoms with E-state index in [9.17, 15) is 10.2 Å². The van der Waals surface area contributed by atoms with Crippen molar-refractivity contribution >= 4 is 12.4 Å². The fourth-order valence-electron chi connectivity index (χ4n) is 1.94. The highest BCUT2D eigenvalue weighted by atomic mass is 16.5. The molecule has 0 unspecified atom stereocenters. The maximum Gasteiger partial charge on any atom is 0.166 e. The van der Waals surface area contributed by atoms with Gasteiger partial charge in [-0.25, -0.2) is 0 Å². The van der Waals surface area contributed by atoms with Gasteiger partial charge in [0.05, 0.1) is 14.2 Å². The minimum absolute atomic E-state index is 0.0296. The van der Waals surface area contributed by atoms with Crippen molar-refractivity contribution in [3.8, 4) is 23.0 Å². The smallest absolute Gasteiger partial charge is 0.166 e. The lowest BCUT2D eigenvalue weighted by Gasteiger charge is -2.04. The zero-order valence-corrected chi connectivity index (χ0v) is 13.4. The molecule has 6 heteroatoms. The topological polar surface area (TPSA) is 83.6 Å². The number of hydrogen-bond donors (Lipinski definition) is 2. The lowest BCUT2D eigenvalue weighted by molar-refractivity contribution is 0.373. The largest absolute Gasteiger partial charge is 0.504 e. The van der Waals surface area contributed by atoms with Crippen molar-refractivity contribution in [3.05, 3.63) is 59.9 Å². The maximum absolute atomic E-state index is 9.91. The van der Waals surface area contributed by atoms with Crippen molar-refractivity contribution in [2.45, 2.75) is 0 Å². The Kier molecular flexibility index (Phi) is 5.96. The monoisotopic (exact) mass is 326 g/mol. The molecular weight excluding hydrogens is 308 g/mol. The Hall–Kier alpha value is -3.28. The predicted molar refractivity (Wildman–Crippen MR) is 93.6 cm³/mol. The zero-order chi connectivity index (χ0) is 17.4. The fraction of sp³-hybridized carbons (Fsp3) is 0.111. The van der Waals surface area contributed by atoms with Crippen molar-refractivity contribution in [1.29, 1.82) is 0 Å². The van der Waals surface area contributed by atoms with E-state index >= 15 is 0 Å². The fourth-order valence-corrected chi connectivity index (χ4v) is 1.94. The van der Waals surface area contributed by atoms with Crippen LogP contribution < -0.4 is 9.47 Å². The average molecular weight is 326 g/mol. The van der Waals surface area contributed by atoms with Gasteiger partial charge in [0, 0.05) is 36.0 Å². The summed E-state index contributed by atoms with van der Waals surface area (Å²) in [6, 6.07) is 10.3. The Morgan fingerprint density at radius 1 is 0.750 bits per heavy atom. The number of rotatable bonds is 6. The quantitative estimate of drug-likeness (QED) is 0.799. The summed E-state index contributed by atoms with van der Waals surface area (Å²) in [6.07, 6.45) is 5.92. The van der Waals surface area contributed by atoms with Crippen molar-refractivity contribution in [3.63, 3.8) is 0 Å². The molecule has 124 valence electrons. The Bertz CT molecular complexity index is 717. The van der Waals surface area contributed by atoms with E-state index in [-0.39, 0.29) is 11.5 Å². The van der Waals surface area contributed by atoms with Gasteiger partial charge < -0.3 is 19.7 Å². The number of benzene rings is 2. The van der Waals surface area contributed by atoms with Gasteiger partial charge in [-0.2, -0.15) is 0 Å². The lowest BCUT2D eigenvalue weighted by atomic mass is 10.2. The molecule has 0 aliphatic rings. The van der Waals surface area contributed by atoms with Gasteiger partial charge in [0.15, 0.2) is 23.0 Å². The molecule has 0 aromatic heterocycles. The first-order chi connectivity index (χ1) is 11.7. The first-order valence-electron chi connectivity index (χ1n) is 7.10. The highest BCUT2D eigenvalue weighted by Gasteiger charge is 2.04. The molecule has 0 spiro atoms.